The molecule has 1 fully saturated rings. The molecular formula is C23H29F3N6O. The summed E-state index contributed by atoms with van der Waals surface area (Å²) in [6.07, 6.45) is 2.73. The van der Waals surface area contributed by atoms with Crippen molar-refractivity contribution in [3.8, 4) is 11.1 Å². The molecule has 2 aliphatic heterocycles. The maximum absolute atomic E-state index is 15.0. The minimum Gasteiger partial charge on any atom is -0.385 e. The van der Waals surface area contributed by atoms with E-state index in [1.165, 1.54) is 10.9 Å². The van der Waals surface area contributed by atoms with Crippen LogP contribution in [0.15, 0.2) is 40.8 Å². The second-order valence-corrected chi connectivity index (χ2v) is 8.57. The summed E-state index contributed by atoms with van der Waals surface area (Å²) in [6.45, 7) is 2.80. The molecule has 1 aromatic carbocycles. The van der Waals surface area contributed by atoms with Crippen LogP contribution in [0.3, 0.4) is 0 Å². The van der Waals surface area contributed by atoms with Gasteiger partial charge in [-0.25, -0.2) is 18.2 Å². The second kappa shape index (κ2) is 9.96. The Hall–Kier alpha value is -2.85. The number of ether oxygens (including phenoxy) is 1. The molecule has 33 heavy (non-hydrogen) atoms. The smallest absolute Gasteiger partial charge is 0.264 e. The molecule has 0 amide bonds. The SMILES string of the molecule is CN1CCC(NC2CCOCC2)=C(C(N)=Nc2cc(C(F)F)c(-c3cnn(C)c3)cc2F)C1. The summed E-state index contributed by atoms with van der Waals surface area (Å²) < 4.78 is 49.5. The average Bonchev–Trinajstić information content (AvgIpc) is 3.22. The Bertz CT molecular complexity index is 1060. The molecule has 3 heterocycles. The molecule has 178 valence electrons. The van der Waals surface area contributed by atoms with E-state index in [0.717, 1.165) is 49.2 Å². The largest absolute Gasteiger partial charge is 0.385 e. The van der Waals surface area contributed by atoms with Gasteiger partial charge in [0.15, 0.2) is 0 Å². The first-order chi connectivity index (χ1) is 15.8. The van der Waals surface area contributed by atoms with Crippen LogP contribution in [-0.4, -0.2) is 59.9 Å². The Balaban J connectivity index is 1.69. The maximum Gasteiger partial charge on any atom is 0.264 e. The number of aryl methyl sites for hydroxylation is 1. The van der Waals surface area contributed by atoms with E-state index in [-0.39, 0.29) is 28.7 Å². The van der Waals surface area contributed by atoms with Crippen LogP contribution in [0.25, 0.3) is 11.1 Å². The van der Waals surface area contributed by atoms with Crippen molar-refractivity contribution in [1.29, 1.82) is 0 Å². The number of benzene rings is 1. The first kappa shape index (κ1) is 23.3. The number of nitrogens with one attached hydrogen (secondary N) is 1. The highest BCUT2D eigenvalue weighted by Gasteiger charge is 2.24. The number of amidine groups is 1. The van der Waals surface area contributed by atoms with E-state index in [9.17, 15) is 13.2 Å². The molecule has 0 bridgehead atoms. The molecule has 0 atom stereocenters. The van der Waals surface area contributed by atoms with Crippen molar-refractivity contribution >= 4 is 11.5 Å². The Kier molecular flexibility index (Phi) is 7.04. The summed E-state index contributed by atoms with van der Waals surface area (Å²) >= 11 is 0. The Labute approximate surface area is 191 Å². The highest BCUT2D eigenvalue weighted by molar-refractivity contribution is 6.00. The van der Waals surface area contributed by atoms with Gasteiger partial charge in [0.05, 0.1) is 6.20 Å². The van der Waals surface area contributed by atoms with E-state index in [2.05, 4.69) is 20.3 Å². The van der Waals surface area contributed by atoms with Crippen molar-refractivity contribution in [3.05, 3.63) is 47.2 Å². The van der Waals surface area contributed by atoms with Crippen LogP contribution in [0.5, 0.6) is 0 Å². The van der Waals surface area contributed by atoms with E-state index in [4.69, 9.17) is 10.5 Å². The molecule has 0 spiro atoms. The minimum atomic E-state index is -2.80. The lowest BCUT2D eigenvalue weighted by Crippen LogP contribution is -2.41. The molecule has 1 aromatic heterocycles. The molecule has 2 aliphatic rings. The summed E-state index contributed by atoms with van der Waals surface area (Å²) in [5.74, 6) is -0.589. The van der Waals surface area contributed by atoms with Crippen LogP contribution in [0.1, 0.15) is 31.3 Å². The van der Waals surface area contributed by atoms with Gasteiger partial charge in [0.25, 0.3) is 6.43 Å². The van der Waals surface area contributed by atoms with Crippen molar-refractivity contribution in [1.82, 2.24) is 20.0 Å². The molecular weight excluding hydrogens is 433 g/mol. The summed E-state index contributed by atoms with van der Waals surface area (Å²) in [5, 5.41) is 7.56. The summed E-state index contributed by atoms with van der Waals surface area (Å²) in [6, 6.07) is 2.43. The van der Waals surface area contributed by atoms with Crippen molar-refractivity contribution in [2.24, 2.45) is 17.8 Å². The van der Waals surface area contributed by atoms with Crippen LogP contribution < -0.4 is 11.1 Å². The lowest BCUT2D eigenvalue weighted by molar-refractivity contribution is 0.0798. The van der Waals surface area contributed by atoms with Gasteiger partial charge in [-0.05, 0) is 37.6 Å². The second-order valence-electron chi connectivity index (χ2n) is 8.57. The van der Waals surface area contributed by atoms with E-state index in [0.29, 0.717) is 25.3 Å². The monoisotopic (exact) mass is 462 g/mol. The van der Waals surface area contributed by atoms with Gasteiger partial charge in [0.1, 0.15) is 17.3 Å². The summed E-state index contributed by atoms with van der Waals surface area (Å²) in [7, 11) is 3.64. The predicted molar refractivity (Wildman–Crippen MR) is 121 cm³/mol. The summed E-state index contributed by atoms with van der Waals surface area (Å²) in [4.78, 5) is 6.36. The quantitative estimate of drug-likeness (QED) is 0.507. The fourth-order valence-corrected chi connectivity index (χ4v) is 4.23. The van der Waals surface area contributed by atoms with Crippen molar-refractivity contribution in [3.63, 3.8) is 0 Å². The number of alkyl halides is 2. The highest BCUT2D eigenvalue weighted by atomic mass is 19.3. The van der Waals surface area contributed by atoms with Crippen LogP contribution in [0.4, 0.5) is 18.9 Å². The third-order valence-electron chi connectivity index (χ3n) is 6.06. The Morgan fingerprint density at radius 2 is 2.03 bits per heavy atom. The van der Waals surface area contributed by atoms with E-state index < -0.39 is 12.2 Å². The zero-order valence-corrected chi connectivity index (χ0v) is 18.8. The third-order valence-corrected chi connectivity index (χ3v) is 6.06. The van der Waals surface area contributed by atoms with Crippen LogP contribution in [-0.2, 0) is 11.8 Å². The van der Waals surface area contributed by atoms with Gasteiger partial charge in [-0.3, -0.25) is 4.68 Å². The van der Waals surface area contributed by atoms with Gasteiger partial charge < -0.3 is 20.7 Å². The molecule has 0 saturated carbocycles. The highest BCUT2D eigenvalue weighted by Crippen LogP contribution is 2.36. The van der Waals surface area contributed by atoms with Gasteiger partial charge >= 0.3 is 0 Å². The summed E-state index contributed by atoms with van der Waals surface area (Å²) in [5.41, 5.74) is 8.04. The van der Waals surface area contributed by atoms with Crippen LogP contribution >= 0.6 is 0 Å². The Morgan fingerprint density at radius 3 is 2.70 bits per heavy atom. The maximum atomic E-state index is 15.0. The van der Waals surface area contributed by atoms with Crippen molar-refractivity contribution in [2.45, 2.75) is 31.7 Å². The fraction of sp³-hybridized carbons (Fsp3) is 0.478. The van der Waals surface area contributed by atoms with Crippen LogP contribution in [0.2, 0.25) is 0 Å². The number of rotatable bonds is 6. The first-order valence-corrected chi connectivity index (χ1v) is 11.0. The predicted octanol–water partition coefficient (Wildman–Crippen LogP) is 3.51. The number of hydrogen-bond donors (Lipinski definition) is 2. The molecule has 0 radical (unpaired) electrons. The molecule has 1 saturated heterocycles. The molecule has 10 heteroatoms. The molecule has 4 rings (SSSR count). The molecule has 7 nitrogen and oxygen atoms in total. The molecule has 0 unspecified atom stereocenters. The minimum absolute atomic E-state index is 0.0895. The first-order valence-electron chi connectivity index (χ1n) is 11.0. The standard InChI is InChI=1S/C23H29F3N6O/c1-31-6-3-20(29-15-4-7-33-8-5-15)18(13-31)23(27)30-21-10-17(22(25)26)16(9-19(21)24)14-11-28-32(2)12-14/h9-12,15,22,29H,3-8,13H2,1-2H3,(H2,27,30). The number of hydrogen-bond acceptors (Lipinski definition) is 5. The van der Waals surface area contributed by atoms with Gasteiger partial charge in [-0.15, -0.1) is 0 Å². The number of halogens is 3. The zero-order chi connectivity index (χ0) is 23.5. The Morgan fingerprint density at radius 1 is 1.27 bits per heavy atom. The normalized spacial score (nSPS) is 18.9. The zero-order valence-electron chi connectivity index (χ0n) is 18.8. The number of likely N-dealkylation sites (N-methyl/N-ethyl adjacent to an activating group) is 1. The van der Waals surface area contributed by atoms with Gasteiger partial charge in [0, 0.05) is 74.4 Å². The number of aromatic nitrogens is 2. The fourth-order valence-electron chi connectivity index (χ4n) is 4.23. The van der Waals surface area contributed by atoms with Crippen LogP contribution in [0, 0.1) is 5.82 Å². The van der Waals surface area contributed by atoms with Gasteiger partial charge in [0.2, 0.25) is 0 Å². The third kappa shape index (κ3) is 5.39. The van der Waals surface area contributed by atoms with E-state index in [1.807, 2.05) is 7.05 Å². The molecule has 0 aliphatic carbocycles. The topological polar surface area (TPSA) is 80.7 Å². The molecule has 3 N–H and O–H groups in total. The lowest BCUT2D eigenvalue weighted by Gasteiger charge is -2.32. The molecule has 2 aromatic rings. The van der Waals surface area contributed by atoms with Gasteiger partial charge in [-0.1, -0.05) is 0 Å². The number of nitrogens with zero attached hydrogens (tertiary/aromatic N) is 4. The van der Waals surface area contributed by atoms with Gasteiger partial charge in [-0.2, -0.15) is 5.10 Å². The average molecular weight is 463 g/mol. The lowest BCUT2D eigenvalue weighted by atomic mass is 10.0. The van der Waals surface area contributed by atoms with E-state index in [1.54, 1.807) is 13.2 Å². The van der Waals surface area contributed by atoms with Crippen molar-refractivity contribution < 1.29 is 17.9 Å². The number of nitrogens with two attached hydrogens (primary N) is 1. The van der Waals surface area contributed by atoms with E-state index >= 15 is 0 Å². The number of aliphatic imine (C=N–C) groups is 1. The van der Waals surface area contributed by atoms with Crippen molar-refractivity contribution in [2.75, 3.05) is 33.4 Å².